The van der Waals surface area contributed by atoms with Crippen molar-refractivity contribution in [2.75, 3.05) is 11.5 Å². The molecule has 0 aromatic heterocycles. The highest BCUT2D eigenvalue weighted by molar-refractivity contribution is 8.17. The van der Waals surface area contributed by atoms with Crippen molar-refractivity contribution in [1.82, 2.24) is 5.32 Å². The third kappa shape index (κ3) is 6.97. The second-order valence-corrected chi connectivity index (χ2v) is 8.00. The fourth-order valence-corrected chi connectivity index (χ4v) is 5.17. The molecular formula is C14H29NS2. The van der Waals surface area contributed by atoms with Crippen LogP contribution in [0.25, 0.3) is 0 Å². The first-order chi connectivity index (χ1) is 8.26. The Kier molecular flexibility index (Phi) is 8.85. The van der Waals surface area contributed by atoms with Gasteiger partial charge in [-0.3, -0.25) is 0 Å². The zero-order chi connectivity index (χ0) is 12.5. The van der Waals surface area contributed by atoms with Crippen LogP contribution in [0.4, 0.5) is 0 Å². The molecule has 1 fully saturated rings. The number of rotatable bonds is 8. The Hall–Kier alpha value is 0.660. The first-order valence-corrected chi connectivity index (χ1v) is 9.35. The minimum Gasteiger partial charge on any atom is -0.311 e. The Morgan fingerprint density at radius 3 is 2.53 bits per heavy atom. The molecule has 102 valence electrons. The molecule has 0 spiro atoms. The maximum atomic E-state index is 3.82. The van der Waals surface area contributed by atoms with Crippen LogP contribution in [0.3, 0.4) is 0 Å². The van der Waals surface area contributed by atoms with E-state index in [4.69, 9.17) is 0 Å². The normalized spacial score (nSPS) is 21.4. The summed E-state index contributed by atoms with van der Waals surface area (Å²) < 4.78 is 0.849. The largest absolute Gasteiger partial charge is 0.311 e. The summed E-state index contributed by atoms with van der Waals surface area (Å²) in [5, 5.41) is 3.82. The Morgan fingerprint density at radius 2 is 1.94 bits per heavy atom. The van der Waals surface area contributed by atoms with Crippen LogP contribution in [-0.2, 0) is 0 Å². The Balaban J connectivity index is 2.32. The number of hydrogen-bond donors (Lipinski definition) is 1. The van der Waals surface area contributed by atoms with Crippen molar-refractivity contribution in [3.63, 3.8) is 0 Å². The van der Waals surface area contributed by atoms with Gasteiger partial charge in [-0.25, -0.2) is 0 Å². The number of thioether (sulfide) groups is 2. The summed E-state index contributed by atoms with van der Waals surface area (Å²) in [5.74, 6) is 2.75. The topological polar surface area (TPSA) is 12.0 Å². The zero-order valence-electron chi connectivity index (χ0n) is 11.7. The predicted octanol–water partition coefficient (Wildman–Crippen LogP) is 4.52. The van der Waals surface area contributed by atoms with Gasteiger partial charge >= 0.3 is 0 Å². The van der Waals surface area contributed by atoms with E-state index in [-0.39, 0.29) is 0 Å². The summed E-state index contributed by atoms with van der Waals surface area (Å²) in [6.45, 7) is 6.89. The highest BCUT2D eigenvalue weighted by Crippen LogP contribution is 2.34. The van der Waals surface area contributed by atoms with Crippen LogP contribution in [0.2, 0.25) is 0 Å². The Bertz CT molecular complexity index is 181. The molecule has 1 heterocycles. The van der Waals surface area contributed by atoms with Crippen molar-refractivity contribution in [1.29, 1.82) is 0 Å². The van der Waals surface area contributed by atoms with Crippen molar-refractivity contribution in [3.8, 4) is 0 Å². The molecular weight excluding hydrogens is 246 g/mol. The monoisotopic (exact) mass is 275 g/mol. The second kappa shape index (κ2) is 9.57. The van der Waals surface area contributed by atoms with E-state index in [1.54, 1.807) is 0 Å². The second-order valence-electron chi connectivity index (χ2n) is 5.08. The Morgan fingerprint density at radius 1 is 1.24 bits per heavy atom. The van der Waals surface area contributed by atoms with Crippen LogP contribution in [0, 0.1) is 0 Å². The molecule has 1 aliphatic heterocycles. The predicted molar refractivity (Wildman–Crippen MR) is 84.1 cm³/mol. The van der Waals surface area contributed by atoms with Gasteiger partial charge in [-0.2, -0.15) is 0 Å². The quantitative estimate of drug-likeness (QED) is 0.699. The summed E-state index contributed by atoms with van der Waals surface area (Å²) in [6.07, 6.45) is 8.07. The lowest BCUT2D eigenvalue weighted by atomic mass is 10.1. The van der Waals surface area contributed by atoms with E-state index in [9.17, 15) is 0 Å². The molecule has 0 radical (unpaired) electrons. The molecule has 0 aliphatic carbocycles. The molecule has 0 bridgehead atoms. The van der Waals surface area contributed by atoms with E-state index in [1.165, 1.54) is 50.0 Å². The highest BCUT2D eigenvalue weighted by Gasteiger charge is 2.20. The van der Waals surface area contributed by atoms with Crippen molar-refractivity contribution in [2.45, 2.75) is 76.0 Å². The van der Waals surface area contributed by atoms with Crippen molar-refractivity contribution in [3.05, 3.63) is 0 Å². The minimum atomic E-state index is 0.676. The lowest BCUT2D eigenvalue weighted by Crippen LogP contribution is -2.38. The number of hydrogen-bond acceptors (Lipinski definition) is 3. The fraction of sp³-hybridized carbons (Fsp3) is 1.00. The SMILES string of the molecule is CCCCC(CC1SCCCS1)NC(C)CC. The molecule has 17 heavy (non-hydrogen) atoms. The van der Waals surface area contributed by atoms with Crippen LogP contribution in [0.15, 0.2) is 0 Å². The van der Waals surface area contributed by atoms with Gasteiger partial charge in [0.25, 0.3) is 0 Å². The zero-order valence-corrected chi connectivity index (χ0v) is 13.3. The van der Waals surface area contributed by atoms with Crippen LogP contribution >= 0.6 is 23.5 Å². The van der Waals surface area contributed by atoms with Crippen LogP contribution in [0.5, 0.6) is 0 Å². The Labute approximate surface area is 116 Å². The van der Waals surface area contributed by atoms with E-state index in [0.29, 0.717) is 6.04 Å². The van der Waals surface area contributed by atoms with E-state index in [0.717, 1.165) is 10.6 Å². The number of unbranched alkanes of at least 4 members (excludes halogenated alkanes) is 1. The van der Waals surface area contributed by atoms with Gasteiger partial charge < -0.3 is 5.32 Å². The molecule has 0 amide bonds. The molecule has 1 saturated heterocycles. The van der Waals surface area contributed by atoms with Gasteiger partial charge in [-0.15, -0.1) is 23.5 Å². The number of nitrogens with one attached hydrogen (secondary N) is 1. The summed E-state index contributed by atoms with van der Waals surface area (Å²) in [6, 6.07) is 1.42. The molecule has 1 nitrogen and oxygen atoms in total. The molecule has 2 atom stereocenters. The standard InChI is InChI=1S/C14H29NS2/c1-4-6-8-13(15-12(3)5-2)11-14-16-9-7-10-17-14/h12-15H,4-11H2,1-3H3. The summed E-state index contributed by atoms with van der Waals surface area (Å²) in [5.41, 5.74) is 0. The lowest BCUT2D eigenvalue weighted by Gasteiger charge is -2.28. The van der Waals surface area contributed by atoms with Crippen LogP contribution < -0.4 is 5.32 Å². The van der Waals surface area contributed by atoms with Crippen LogP contribution in [0.1, 0.15) is 59.3 Å². The first kappa shape index (κ1) is 15.7. The van der Waals surface area contributed by atoms with Gasteiger partial charge in [0.2, 0.25) is 0 Å². The average Bonchev–Trinajstić information content (AvgIpc) is 2.37. The molecule has 1 rings (SSSR count). The van der Waals surface area contributed by atoms with Gasteiger partial charge in [-0.05, 0) is 44.1 Å². The lowest BCUT2D eigenvalue weighted by molar-refractivity contribution is 0.396. The van der Waals surface area contributed by atoms with Gasteiger partial charge in [-0.1, -0.05) is 26.7 Å². The summed E-state index contributed by atoms with van der Waals surface area (Å²) in [7, 11) is 0. The van der Waals surface area contributed by atoms with Gasteiger partial charge in [0.1, 0.15) is 0 Å². The first-order valence-electron chi connectivity index (χ1n) is 7.25. The maximum absolute atomic E-state index is 3.82. The van der Waals surface area contributed by atoms with Crippen molar-refractivity contribution in [2.24, 2.45) is 0 Å². The molecule has 1 aliphatic rings. The molecule has 1 N–H and O–H groups in total. The molecule has 0 saturated carbocycles. The van der Waals surface area contributed by atoms with Gasteiger partial charge in [0.05, 0.1) is 4.58 Å². The maximum Gasteiger partial charge on any atom is 0.0517 e. The molecule has 0 aromatic rings. The van der Waals surface area contributed by atoms with Crippen molar-refractivity contribution < 1.29 is 0 Å². The minimum absolute atomic E-state index is 0.676. The van der Waals surface area contributed by atoms with E-state index in [1.807, 2.05) is 0 Å². The molecule has 3 heteroatoms. The molecule has 2 unspecified atom stereocenters. The average molecular weight is 276 g/mol. The van der Waals surface area contributed by atoms with Gasteiger partial charge in [0.15, 0.2) is 0 Å². The van der Waals surface area contributed by atoms with Crippen LogP contribution in [-0.4, -0.2) is 28.2 Å². The van der Waals surface area contributed by atoms with E-state index < -0.39 is 0 Å². The fourth-order valence-electron chi connectivity index (χ4n) is 2.14. The van der Waals surface area contributed by atoms with E-state index in [2.05, 4.69) is 49.6 Å². The summed E-state index contributed by atoms with van der Waals surface area (Å²) >= 11 is 4.37. The molecule has 0 aromatic carbocycles. The van der Waals surface area contributed by atoms with Gasteiger partial charge in [0, 0.05) is 12.1 Å². The van der Waals surface area contributed by atoms with Crippen molar-refractivity contribution >= 4 is 23.5 Å². The third-order valence-electron chi connectivity index (χ3n) is 3.41. The highest BCUT2D eigenvalue weighted by atomic mass is 32.2. The summed E-state index contributed by atoms with van der Waals surface area (Å²) in [4.78, 5) is 0. The smallest absolute Gasteiger partial charge is 0.0517 e. The van der Waals surface area contributed by atoms with E-state index >= 15 is 0 Å². The third-order valence-corrected chi connectivity index (χ3v) is 6.41.